The predicted molar refractivity (Wildman–Crippen MR) is 44.1 cm³/mol. The first-order valence-electron chi connectivity index (χ1n) is 3.85. The zero-order valence-corrected chi connectivity index (χ0v) is 6.82. The first-order chi connectivity index (χ1) is 4.91. The van der Waals surface area contributed by atoms with Crippen LogP contribution in [-0.2, 0) is 4.74 Å². The first kappa shape index (κ1) is 6.59. The molecule has 0 aromatic carbocycles. The smallest absolute Gasteiger partial charge is 0.106 e. The van der Waals surface area contributed by atoms with Crippen molar-refractivity contribution in [1.82, 2.24) is 0 Å². The molecule has 2 heteroatoms. The Morgan fingerprint density at radius 2 is 2.40 bits per heavy atom. The molecule has 1 saturated heterocycles. The van der Waals surface area contributed by atoms with E-state index in [0.29, 0.717) is 4.75 Å². The fourth-order valence-corrected chi connectivity index (χ4v) is 2.88. The minimum Gasteiger partial charge on any atom is -0.500 e. The van der Waals surface area contributed by atoms with Crippen LogP contribution < -0.4 is 0 Å². The highest BCUT2D eigenvalue weighted by molar-refractivity contribution is 8.00. The van der Waals surface area contributed by atoms with Gasteiger partial charge in [-0.3, -0.25) is 0 Å². The van der Waals surface area contributed by atoms with Gasteiger partial charge in [0.15, 0.2) is 0 Å². The molecule has 2 rings (SSSR count). The molecule has 0 saturated carbocycles. The van der Waals surface area contributed by atoms with E-state index in [0.717, 1.165) is 6.61 Å². The van der Waals surface area contributed by atoms with Gasteiger partial charge in [0.25, 0.3) is 0 Å². The highest BCUT2D eigenvalue weighted by Crippen LogP contribution is 2.40. The maximum absolute atomic E-state index is 5.24. The number of ether oxygens (including phenoxy) is 1. The minimum absolute atomic E-state index is 0.387. The molecule has 0 aromatic heterocycles. The van der Waals surface area contributed by atoms with Crippen molar-refractivity contribution in [2.45, 2.75) is 24.0 Å². The van der Waals surface area contributed by atoms with E-state index in [9.17, 15) is 0 Å². The van der Waals surface area contributed by atoms with Crippen molar-refractivity contribution in [2.24, 2.45) is 0 Å². The summed E-state index contributed by atoms with van der Waals surface area (Å²) < 4.78 is 5.62. The maximum atomic E-state index is 5.24. The van der Waals surface area contributed by atoms with Crippen LogP contribution in [0.15, 0.2) is 12.3 Å². The third kappa shape index (κ3) is 1.05. The molecule has 2 aliphatic rings. The van der Waals surface area contributed by atoms with Crippen molar-refractivity contribution in [2.75, 3.05) is 12.4 Å². The Morgan fingerprint density at radius 1 is 1.40 bits per heavy atom. The standard InChI is InChI=1S/C8H12OS/c1-2-6-10-8(3-1)4-5-9-7-8/h4-5H,1-3,6-7H2. The molecule has 1 nitrogen and oxygen atoms in total. The van der Waals surface area contributed by atoms with Gasteiger partial charge in [0.1, 0.15) is 6.61 Å². The molecule has 56 valence electrons. The highest BCUT2D eigenvalue weighted by atomic mass is 32.2. The fourth-order valence-electron chi connectivity index (χ4n) is 1.53. The van der Waals surface area contributed by atoms with Crippen molar-refractivity contribution in [1.29, 1.82) is 0 Å². The van der Waals surface area contributed by atoms with E-state index in [1.165, 1.54) is 25.0 Å². The second kappa shape index (κ2) is 2.50. The summed E-state index contributed by atoms with van der Waals surface area (Å²) in [7, 11) is 0. The molecule has 0 aromatic rings. The van der Waals surface area contributed by atoms with Crippen molar-refractivity contribution in [3.05, 3.63) is 12.3 Å². The van der Waals surface area contributed by atoms with Crippen LogP contribution in [0.25, 0.3) is 0 Å². The Bertz CT molecular complexity index is 147. The lowest BCUT2D eigenvalue weighted by Gasteiger charge is -2.28. The van der Waals surface area contributed by atoms with Gasteiger partial charge in [0.2, 0.25) is 0 Å². The van der Waals surface area contributed by atoms with Gasteiger partial charge in [-0.25, -0.2) is 0 Å². The normalized spacial score (nSPS) is 38.4. The van der Waals surface area contributed by atoms with Crippen LogP contribution in [0.2, 0.25) is 0 Å². The summed E-state index contributed by atoms with van der Waals surface area (Å²) in [5.74, 6) is 1.31. The third-order valence-corrected chi connectivity index (χ3v) is 3.71. The number of thioether (sulfide) groups is 1. The van der Waals surface area contributed by atoms with Crippen molar-refractivity contribution in [3.8, 4) is 0 Å². The molecular weight excluding hydrogens is 144 g/mol. The topological polar surface area (TPSA) is 9.23 Å². The van der Waals surface area contributed by atoms with Crippen molar-refractivity contribution in [3.63, 3.8) is 0 Å². The second-order valence-electron chi connectivity index (χ2n) is 2.98. The Kier molecular flexibility index (Phi) is 1.65. The van der Waals surface area contributed by atoms with Crippen LogP contribution in [0.4, 0.5) is 0 Å². The van der Waals surface area contributed by atoms with E-state index in [1.807, 2.05) is 6.26 Å². The molecule has 1 fully saturated rings. The van der Waals surface area contributed by atoms with E-state index in [4.69, 9.17) is 4.74 Å². The van der Waals surface area contributed by atoms with Gasteiger partial charge in [-0.05, 0) is 24.7 Å². The molecule has 0 radical (unpaired) electrons. The number of rotatable bonds is 0. The van der Waals surface area contributed by atoms with Crippen LogP contribution in [0.1, 0.15) is 19.3 Å². The zero-order chi connectivity index (χ0) is 6.86. The summed E-state index contributed by atoms with van der Waals surface area (Å²) in [5, 5.41) is 0. The number of hydrogen-bond acceptors (Lipinski definition) is 2. The average Bonchev–Trinajstić information content (AvgIpc) is 2.39. The molecule has 1 unspecified atom stereocenters. The molecule has 0 N–H and O–H groups in total. The van der Waals surface area contributed by atoms with Crippen LogP contribution in [0.5, 0.6) is 0 Å². The lowest BCUT2D eigenvalue weighted by Crippen LogP contribution is -2.27. The van der Waals surface area contributed by atoms with E-state index < -0.39 is 0 Å². The Hall–Kier alpha value is -0.110. The summed E-state index contributed by atoms with van der Waals surface area (Å²) in [6, 6.07) is 0. The molecule has 0 bridgehead atoms. The lowest BCUT2D eigenvalue weighted by atomic mass is 10.0. The zero-order valence-electron chi connectivity index (χ0n) is 6.01. The molecule has 2 aliphatic heterocycles. The Morgan fingerprint density at radius 3 is 3.00 bits per heavy atom. The van der Waals surface area contributed by atoms with Gasteiger partial charge in [0, 0.05) is 0 Å². The molecule has 1 spiro atoms. The van der Waals surface area contributed by atoms with Crippen molar-refractivity contribution >= 4 is 11.8 Å². The van der Waals surface area contributed by atoms with Gasteiger partial charge >= 0.3 is 0 Å². The minimum atomic E-state index is 0.387. The Balaban J connectivity index is 2.05. The molecular formula is C8H12OS. The summed E-state index contributed by atoms with van der Waals surface area (Å²) in [4.78, 5) is 0. The first-order valence-corrected chi connectivity index (χ1v) is 4.83. The van der Waals surface area contributed by atoms with Gasteiger partial charge in [-0.2, -0.15) is 0 Å². The molecule has 0 aliphatic carbocycles. The monoisotopic (exact) mass is 156 g/mol. The van der Waals surface area contributed by atoms with Crippen molar-refractivity contribution < 1.29 is 4.74 Å². The quantitative estimate of drug-likeness (QED) is 0.531. The van der Waals surface area contributed by atoms with Gasteiger partial charge in [-0.1, -0.05) is 6.42 Å². The third-order valence-electron chi connectivity index (χ3n) is 2.18. The molecule has 2 heterocycles. The highest BCUT2D eigenvalue weighted by Gasteiger charge is 2.33. The van der Waals surface area contributed by atoms with Crippen LogP contribution >= 0.6 is 11.8 Å². The fraction of sp³-hybridized carbons (Fsp3) is 0.750. The predicted octanol–water partition coefficient (Wildman–Crippen LogP) is 2.19. The van der Waals surface area contributed by atoms with Crippen LogP contribution in [0, 0.1) is 0 Å². The Labute approximate surface area is 65.8 Å². The average molecular weight is 156 g/mol. The summed E-state index contributed by atoms with van der Waals surface area (Å²) in [5.41, 5.74) is 0. The maximum Gasteiger partial charge on any atom is 0.106 e. The van der Waals surface area contributed by atoms with Gasteiger partial charge in [0.05, 0.1) is 11.0 Å². The van der Waals surface area contributed by atoms with Gasteiger partial charge in [-0.15, -0.1) is 11.8 Å². The number of hydrogen-bond donors (Lipinski definition) is 0. The van der Waals surface area contributed by atoms with E-state index >= 15 is 0 Å². The lowest BCUT2D eigenvalue weighted by molar-refractivity contribution is 0.253. The summed E-state index contributed by atoms with van der Waals surface area (Å²) in [6.07, 6.45) is 8.17. The largest absolute Gasteiger partial charge is 0.500 e. The van der Waals surface area contributed by atoms with E-state index in [2.05, 4.69) is 17.8 Å². The van der Waals surface area contributed by atoms with E-state index in [1.54, 1.807) is 0 Å². The van der Waals surface area contributed by atoms with Crippen LogP contribution in [-0.4, -0.2) is 17.1 Å². The summed E-state index contributed by atoms with van der Waals surface area (Å²) >= 11 is 2.06. The second-order valence-corrected chi connectivity index (χ2v) is 4.49. The summed E-state index contributed by atoms with van der Waals surface area (Å²) in [6.45, 7) is 0.914. The van der Waals surface area contributed by atoms with E-state index in [-0.39, 0.29) is 0 Å². The van der Waals surface area contributed by atoms with Crippen LogP contribution in [0.3, 0.4) is 0 Å². The SMILES string of the molecule is C1=CC2(CCCCS2)CO1. The van der Waals surface area contributed by atoms with Gasteiger partial charge < -0.3 is 4.74 Å². The molecule has 10 heavy (non-hydrogen) atoms. The molecule has 1 atom stereocenters. The molecule has 0 amide bonds.